The summed E-state index contributed by atoms with van der Waals surface area (Å²) in [6.45, 7) is 27.0. The number of fused-ring (bicyclic) bond motifs is 5. The van der Waals surface area contributed by atoms with E-state index in [1.807, 2.05) is 31.8 Å². The number of rotatable bonds is 30. The molecule has 0 radical (unpaired) electrons. The smallest absolute Gasteiger partial charge is 0.408 e. The van der Waals surface area contributed by atoms with Gasteiger partial charge < -0.3 is 47.7 Å². The highest BCUT2D eigenvalue weighted by Crippen LogP contribution is 2.66. The minimum Gasteiger partial charge on any atom is -0.460 e. The fourth-order valence-electron chi connectivity index (χ4n) is 13.6. The molecule has 16 nitrogen and oxygen atoms in total. The Labute approximate surface area is 549 Å². The van der Waals surface area contributed by atoms with E-state index in [0.717, 1.165) is 32.1 Å². The lowest BCUT2D eigenvalue weighted by Crippen LogP contribution is -2.81. The summed E-state index contributed by atoms with van der Waals surface area (Å²) in [5.41, 5.74) is -7.82. The quantitative estimate of drug-likeness (QED) is 0.0323. The Balaban J connectivity index is 1.48. The predicted octanol–water partition coefficient (Wildman–Crippen LogP) is 15.4. The van der Waals surface area contributed by atoms with E-state index in [9.17, 15) is 19.5 Å². The van der Waals surface area contributed by atoms with Gasteiger partial charge in [-0.25, -0.2) is 14.4 Å². The Bertz CT molecular complexity index is 3050. The summed E-state index contributed by atoms with van der Waals surface area (Å²) in [7, 11) is -5.47. The third kappa shape index (κ3) is 18.1. The van der Waals surface area contributed by atoms with Gasteiger partial charge in [0.2, 0.25) is 5.78 Å². The van der Waals surface area contributed by atoms with Gasteiger partial charge >= 0.3 is 30.0 Å². The molecule has 92 heavy (non-hydrogen) atoms. The molecule has 504 valence electrons. The van der Waals surface area contributed by atoms with Crippen LogP contribution in [0.15, 0.2) is 145 Å². The maximum absolute atomic E-state index is 17.1. The van der Waals surface area contributed by atoms with Gasteiger partial charge in [0, 0.05) is 37.5 Å². The highest BCUT2D eigenvalue weighted by atomic mass is 28.4. The highest BCUT2D eigenvalue weighted by Gasteiger charge is 2.78. The van der Waals surface area contributed by atoms with Gasteiger partial charge in [0.25, 0.3) is 0 Å². The minimum absolute atomic E-state index is 0.0648. The molecular weight excluding hydrogens is 1200 g/mol. The van der Waals surface area contributed by atoms with Crippen molar-refractivity contribution >= 4 is 52.4 Å². The number of hydrogen-bond donors (Lipinski definition) is 2. The molecule has 1 amide bonds. The number of amides is 1. The number of carbonyl (C=O) groups excluding carboxylic acids is 6. The van der Waals surface area contributed by atoms with Crippen molar-refractivity contribution in [3.8, 4) is 0 Å². The van der Waals surface area contributed by atoms with Crippen LogP contribution < -0.4 is 5.32 Å². The average molecular weight is 1300 g/mol. The Morgan fingerprint density at radius 2 is 1.29 bits per heavy atom. The summed E-state index contributed by atoms with van der Waals surface area (Å²) < 4.78 is 53.1. The van der Waals surface area contributed by atoms with Crippen LogP contribution in [-0.4, -0.2) is 111 Å². The van der Waals surface area contributed by atoms with Crippen molar-refractivity contribution < 1.29 is 71.1 Å². The van der Waals surface area contributed by atoms with Crippen molar-refractivity contribution in [2.45, 2.75) is 238 Å². The van der Waals surface area contributed by atoms with Crippen molar-refractivity contribution in [2.75, 3.05) is 6.61 Å². The summed E-state index contributed by atoms with van der Waals surface area (Å²) >= 11 is 0. The summed E-state index contributed by atoms with van der Waals surface area (Å²) in [4.78, 5) is 90.2. The molecule has 2 aromatic carbocycles. The van der Waals surface area contributed by atoms with Crippen LogP contribution in [-0.2, 0) is 56.5 Å². The lowest BCUT2D eigenvalue weighted by molar-refractivity contribution is -0.344. The van der Waals surface area contributed by atoms with Crippen LogP contribution in [0.5, 0.6) is 0 Å². The lowest BCUT2D eigenvalue weighted by atomic mass is 9.45. The number of benzene rings is 2. The normalized spacial score (nSPS) is 26.5. The van der Waals surface area contributed by atoms with Gasteiger partial charge in [0.15, 0.2) is 34.1 Å². The molecule has 2 saturated carbocycles. The SMILES string of the molecule is CCC=CCC=CCC=CCC=CCC=CCC=CCCC(=O)OC1=C2C(C)C(OC(=O)C(O[Si](C)(C)C)C(NC(=O)OC(C)(C)C)c3ccccc3)CC(O)(C(OC(=O)c3ccccc3)C3C4(OC(C)=O)COC4CC(O[Si](CC)(CC)CC)C3(C)C1=O)C2(C)C. The second-order valence-electron chi connectivity index (χ2n) is 27.6. The molecule has 18 heteroatoms. The number of ketones is 1. The van der Waals surface area contributed by atoms with Gasteiger partial charge in [-0.2, -0.15) is 0 Å². The molecule has 1 heterocycles. The van der Waals surface area contributed by atoms with Gasteiger partial charge in [-0.1, -0.05) is 170 Å². The predicted molar refractivity (Wildman–Crippen MR) is 363 cm³/mol. The maximum Gasteiger partial charge on any atom is 0.408 e. The lowest BCUT2D eigenvalue weighted by Gasteiger charge is -2.68. The number of esters is 4. The molecule has 0 aromatic heterocycles. The number of Topliss-reactive ketones (excluding diaryl/α,β-unsaturated/α-hetero) is 1. The number of ether oxygens (including phenoxy) is 6. The molecule has 11 atom stereocenters. The number of nitrogens with one attached hydrogen (secondary N) is 1. The Hall–Kier alpha value is -6.29. The van der Waals surface area contributed by atoms with Gasteiger partial charge in [0.05, 0.1) is 35.6 Å². The zero-order valence-electron chi connectivity index (χ0n) is 57.4. The fourth-order valence-corrected chi connectivity index (χ4v) is 17.5. The first-order valence-electron chi connectivity index (χ1n) is 33.3. The molecular formula is C74H105NO15Si2. The van der Waals surface area contributed by atoms with Crippen molar-refractivity contribution in [1.29, 1.82) is 0 Å². The minimum atomic E-state index is -2.75. The van der Waals surface area contributed by atoms with Crippen LogP contribution in [0.25, 0.3) is 0 Å². The van der Waals surface area contributed by atoms with Crippen LogP contribution in [0.3, 0.4) is 0 Å². The van der Waals surface area contributed by atoms with Crippen LogP contribution in [0.2, 0.25) is 37.8 Å². The zero-order valence-corrected chi connectivity index (χ0v) is 59.4. The number of aliphatic hydroxyl groups is 1. The van der Waals surface area contributed by atoms with Crippen LogP contribution in [0, 0.1) is 22.7 Å². The van der Waals surface area contributed by atoms with Crippen LogP contribution in [0.1, 0.15) is 169 Å². The van der Waals surface area contributed by atoms with E-state index in [0.29, 0.717) is 30.1 Å². The van der Waals surface area contributed by atoms with E-state index in [4.69, 9.17) is 37.3 Å². The topological polar surface area (TPSA) is 209 Å². The van der Waals surface area contributed by atoms with E-state index in [-0.39, 0.29) is 42.8 Å². The second kappa shape index (κ2) is 32.7. The Kier molecular flexibility index (Phi) is 26.6. The highest BCUT2D eigenvalue weighted by molar-refractivity contribution is 6.73. The fraction of sp³-hybridized carbons (Fsp3) is 0.568. The van der Waals surface area contributed by atoms with E-state index in [1.54, 1.807) is 109 Å². The Morgan fingerprint density at radius 3 is 1.78 bits per heavy atom. The van der Waals surface area contributed by atoms with Crippen molar-refractivity contribution in [2.24, 2.45) is 22.7 Å². The maximum atomic E-state index is 17.1. The second-order valence-corrected chi connectivity index (χ2v) is 36.8. The third-order valence-electron chi connectivity index (χ3n) is 18.7. The van der Waals surface area contributed by atoms with Crippen molar-refractivity contribution in [3.63, 3.8) is 0 Å². The molecule has 4 aliphatic rings. The molecule has 1 aliphatic heterocycles. The monoisotopic (exact) mass is 1300 g/mol. The molecule has 2 N–H and O–H groups in total. The summed E-state index contributed by atoms with van der Waals surface area (Å²) in [5, 5.41) is 17.5. The van der Waals surface area contributed by atoms with Gasteiger partial charge in [-0.05, 0) is 134 Å². The van der Waals surface area contributed by atoms with Crippen LogP contribution in [0.4, 0.5) is 4.79 Å². The largest absolute Gasteiger partial charge is 0.460 e. The average Bonchev–Trinajstić information content (AvgIpc) is 0.669. The molecule has 0 spiro atoms. The van der Waals surface area contributed by atoms with Crippen molar-refractivity contribution in [3.05, 3.63) is 156 Å². The Morgan fingerprint density at radius 1 is 0.761 bits per heavy atom. The molecule has 2 bridgehead atoms. The summed E-state index contributed by atoms with van der Waals surface area (Å²) in [6.07, 6.45) is 22.8. The molecule has 11 unspecified atom stereocenters. The van der Waals surface area contributed by atoms with Gasteiger partial charge in [-0.15, -0.1) is 0 Å². The first-order chi connectivity index (χ1) is 43.5. The number of carbonyl (C=O) groups is 6. The van der Waals surface area contributed by atoms with Gasteiger partial charge in [0.1, 0.15) is 29.5 Å². The molecule has 2 aromatic rings. The summed E-state index contributed by atoms with van der Waals surface area (Å²) in [5.74, 6) is -6.77. The molecule has 3 fully saturated rings. The standard InChI is InChI=1S/C74H105NO15Si2/c1-16-20-21-22-23-24-25-26-27-28-29-30-31-32-33-34-35-36-43-48-59(77)85-62-60-52(5)56(84-68(80)63(90-91(13,14)15)61(54-44-39-37-40-45-54)75-69(81)88-70(7,8)9)50-74(82,71(60,10)11)66(86-67(79)55-46-41-38-42-47-55)64-72(12,65(62)78)57(89-92(17-2,18-3)19-4)49-58-73(64,51-83-58)87-53(6)76/h20-21,23-24,26-27,29-30,32-33,35-42,44-47,52,56-58,61,63-64,66,82H,16-19,22,25,28,31,34,43,48-51H2,1-15H3,(H,75,81). The molecule has 3 aliphatic carbocycles. The van der Waals surface area contributed by atoms with E-state index in [1.165, 1.54) is 6.92 Å². The van der Waals surface area contributed by atoms with E-state index in [2.05, 4.69) is 93.8 Å². The van der Waals surface area contributed by atoms with Gasteiger partial charge in [-0.3, -0.25) is 14.4 Å². The molecule has 1 saturated heterocycles. The third-order valence-corrected chi connectivity index (χ3v) is 24.3. The van der Waals surface area contributed by atoms with E-state index < -0.39 is 135 Å². The number of allylic oxidation sites excluding steroid dienone is 13. The first kappa shape index (κ1) is 74.8. The van der Waals surface area contributed by atoms with Crippen LogP contribution >= 0.6 is 0 Å². The zero-order chi connectivity index (χ0) is 67.7. The first-order valence-corrected chi connectivity index (χ1v) is 39.2. The summed E-state index contributed by atoms with van der Waals surface area (Å²) in [6, 6.07) is 17.9. The van der Waals surface area contributed by atoms with Crippen molar-refractivity contribution in [1.82, 2.24) is 5.32 Å². The number of hydrogen-bond acceptors (Lipinski definition) is 15. The molecule has 6 rings (SSSR count). The van der Waals surface area contributed by atoms with E-state index >= 15 is 14.4 Å². The number of alkyl carbamates (subject to hydrolysis) is 1.